The summed E-state index contributed by atoms with van der Waals surface area (Å²) in [7, 11) is 0. The predicted octanol–water partition coefficient (Wildman–Crippen LogP) is 1.74. The first-order chi connectivity index (χ1) is 10.6. The van der Waals surface area contributed by atoms with E-state index in [9.17, 15) is 14.7 Å². The first-order valence-electron chi connectivity index (χ1n) is 7.07. The molecule has 1 N–H and O–H groups in total. The standard InChI is InChI=1S/C16H16N2O4/c1-10-11(3-2-6-17-10)9-14(19)18-7-4-13-12(5-8-22-13)15(18)16(20)21/h2-3,5-6,8,15H,4,7,9H2,1H3,(H,20,21). The summed E-state index contributed by atoms with van der Waals surface area (Å²) in [6, 6.07) is 4.26. The van der Waals surface area contributed by atoms with Gasteiger partial charge in [0.05, 0.1) is 12.7 Å². The number of fused-ring (bicyclic) bond motifs is 1. The van der Waals surface area contributed by atoms with Crippen molar-refractivity contribution in [3.8, 4) is 0 Å². The summed E-state index contributed by atoms with van der Waals surface area (Å²) < 4.78 is 5.29. The zero-order valence-electron chi connectivity index (χ0n) is 12.2. The van der Waals surface area contributed by atoms with Crippen LogP contribution in [0.3, 0.4) is 0 Å². The normalized spacial score (nSPS) is 17.1. The molecule has 1 aliphatic heterocycles. The Morgan fingerprint density at radius 3 is 3.00 bits per heavy atom. The molecule has 0 aliphatic carbocycles. The van der Waals surface area contributed by atoms with Crippen LogP contribution < -0.4 is 0 Å². The van der Waals surface area contributed by atoms with Crippen LogP contribution in [0.4, 0.5) is 0 Å². The summed E-state index contributed by atoms with van der Waals surface area (Å²) in [6.45, 7) is 2.18. The monoisotopic (exact) mass is 300 g/mol. The van der Waals surface area contributed by atoms with Gasteiger partial charge in [-0.2, -0.15) is 0 Å². The lowest BCUT2D eigenvalue weighted by Crippen LogP contribution is -2.43. The SMILES string of the molecule is Cc1ncccc1CC(=O)N1CCc2occc2C1C(=O)O. The number of hydrogen-bond donors (Lipinski definition) is 1. The molecule has 3 rings (SSSR count). The average molecular weight is 300 g/mol. The van der Waals surface area contributed by atoms with E-state index in [1.807, 2.05) is 13.0 Å². The number of carboxylic acid groups (broad SMARTS) is 1. The van der Waals surface area contributed by atoms with Crippen molar-refractivity contribution in [3.05, 3.63) is 53.2 Å². The lowest BCUT2D eigenvalue weighted by atomic mass is 9.98. The number of aliphatic carboxylic acids is 1. The highest BCUT2D eigenvalue weighted by Gasteiger charge is 2.37. The molecule has 114 valence electrons. The fourth-order valence-corrected chi connectivity index (χ4v) is 2.82. The summed E-state index contributed by atoms with van der Waals surface area (Å²) in [4.78, 5) is 29.7. The highest BCUT2D eigenvalue weighted by molar-refractivity contribution is 5.86. The van der Waals surface area contributed by atoms with E-state index in [1.54, 1.807) is 18.3 Å². The van der Waals surface area contributed by atoms with Gasteiger partial charge in [0.25, 0.3) is 0 Å². The first kappa shape index (κ1) is 14.3. The van der Waals surface area contributed by atoms with Crippen LogP contribution in [-0.4, -0.2) is 33.4 Å². The maximum Gasteiger partial charge on any atom is 0.331 e. The molecule has 0 bridgehead atoms. The Labute approximate surface area is 127 Å². The molecular formula is C16H16N2O4. The zero-order chi connectivity index (χ0) is 15.7. The van der Waals surface area contributed by atoms with E-state index in [-0.39, 0.29) is 12.3 Å². The minimum atomic E-state index is -1.04. The summed E-state index contributed by atoms with van der Waals surface area (Å²) in [5, 5.41) is 9.50. The van der Waals surface area contributed by atoms with Gasteiger partial charge in [-0.3, -0.25) is 9.78 Å². The van der Waals surface area contributed by atoms with Crippen LogP contribution >= 0.6 is 0 Å². The molecule has 1 aliphatic rings. The highest BCUT2D eigenvalue weighted by atomic mass is 16.4. The number of hydrogen-bond acceptors (Lipinski definition) is 4. The molecular weight excluding hydrogens is 284 g/mol. The molecule has 6 nitrogen and oxygen atoms in total. The fourth-order valence-electron chi connectivity index (χ4n) is 2.82. The number of rotatable bonds is 3. The minimum absolute atomic E-state index is 0.149. The Balaban J connectivity index is 1.86. The molecule has 1 atom stereocenters. The van der Waals surface area contributed by atoms with Crippen molar-refractivity contribution in [1.29, 1.82) is 0 Å². The van der Waals surface area contributed by atoms with Crippen molar-refractivity contribution >= 4 is 11.9 Å². The van der Waals surface area contributed by atoms with Gasteiger partial charge in [0.15, 0.2) is 6.04 Å². The van der Waals surface area contributed by atoms with Gasteiger partial charge in [-0.15, -0.1) is 0 Å². The second-order valence-electron chi connectivity index (χ2n) is 5.30. The molecule has 2 aromatic heterocycles. The smallest absolute Gasteiger partial charge is 0.331 e. The van der Waals surface area contributed by atoms with Gasteiger partial charge < -0.3 is 14.4 Å². The van der Waals surface area contributed by atoms with Crippen molar-refractivity contribution in [2.75, 3.05) is 6.54 Å². The number of carbonyl (C=O) groups excluding carboxylic acids is 1. The van der Waals surface area contributed by atoms with Gasteiger partial charge in [0.1, 0.15) is 5.76 Å². The molecule has 0 spiro atoms. The highest BCUT2D eigenvalue weighted by Crippen LogP contribution is 2.31. The summed E-state index contributed by atoms with van der Waals surface area (Å²) in [6.07, 6.45) is 3.82. The number of aromatic nitrogens is 1. The second-order valence-corrected chi connectivity index (χ2v) is 5.30. The minimum Gasteiger partial charge on any atom is -0.479 e. The van der Waals surface area contributed by atoms with E-state index in [0.29, 0.717) is 24.3 Å². The maximum absolute atomic E-state index is 12.6. The molecule has 3 heterocycles. The van der Waals surface area contributed by atoms with Gasteiger partial charge in [0, 0.05) is 30.4 Å². The lowest BCUT2D eigenvalue weighted by Gasteiger charge is -2.32. The number of furan rings is 1. The van der Waals surface area contributed by atoms with E-state index in [1.165, 1.54) is 11.2 Å². The van der Waals surface area contributed by atoms with Crippen LogP contribution in [0.5, 0.6) is 0 Å². The van der Waals surface area contributed by atoms with E-state index >= 15 is 0 Å². The molecule has 0 saturated carbocycles. The molecule has 1 amide bonds. The third-order valence-corrected chi connectivity index (χ3v) is 3.98. The Morgan fingerprint density at radius 1 is 1.45 bits per heavy atom. The number of amides is 1. The average Bonchev–Trinajstić information content (AvgIpc) is 2.96. The van der Waals surface area contributed by atoms with Crippen molar-refractivity contribution in [2.24, 2.45) is 0 Å². The van der Waals surface area contributed by atoms with Gasteiger partial charge in [-0.05, 0) is 24.6 Å². The van der Waals surface area contributed by atoms with E-state index in [4.69, 9.17) is 4.42 Å². The molecule has 0 aromatic carbocycles. The largest absolute Gasteiger partial charge is 0.479 e. The summed E-state index contributed by atoms with van der Waals surface area (Å²) >= 11 is 0. The van der Waals surface area contributed by atoms with Crippen LogP contribution in [0.15, 0.2) is 35.1 Å². The molecule has 22 heavy (non-hydrogen) atoms. The van der Waals surface area contributed by atoms with Crippen molar-refractivity contribution in [3.63, 3.8) is 0 Å². The van der Waals surface area contributed by atoms with E-state index in [2.05, 4.69) is 4.98 Å². The maximum atomic E-state index is 12.6. The van der Waals surface area contributed by atoms with Crippen LogP contribution in [0.2, 0.25) is 0 Å². The van der Waals surface area contributed by atoms with Crippen LogP contribution in [0, 0.1) is 6.92 Å². The Morgan fingerprint density at radius 2 is 2.27 bits per heavy atom. The third-order valence-electron chi connectivity index (χ3n) is 3.98. The number of nitrogens with zero attached hydrogens (tertiary/aromatic N) is 2. The number of pyridine rings is 1. The number of aryl methyl sites for hydroxylation is 1. The molecule has 1 unspecified atom stereocenters. The van der Waals surface area contributed by atoms with Crippen molar-refractivity contribution in [2.45, 2.75) is 25.8 Å². The summed E-state index contributed by atoms with van der Waals surface area (Å²) in [5.41, 5.74) is 2.16. The number of carboxylic acids is 1. The van der Waals surface area contributed by atoms with Crippen molar-refractivity contribution < 1.29 is 19.1 Å². The lowest BCUT2D eigenvalue weighted by molar-refractivity contribution is -0.151. The Hall–Kier alpha value is -2.63. The molecule has 6 heteroatoms. The fraction of sp³-hybridized carbons (Fsp3) is 0.312. The van der Waals surface area contributed by atoms with Gasteiger partial charge in [-0.25, -0.2) is 4.79 Å². The molecule has 0 radical (unpaired) electrons. The third kappa shape index (κ3) is 2.47. The quantitative estimate of drug-likeness (QED) is 0.933. The van der Waals surface area contributed by atoms with Gasteiger partial charge >= 0.3 is 5.97 Å². The van der Waals surface area contributed by atoms with Crippen LogP contribution in [-0.2, 0) is 22.4 Å². The summed E-state index contributed by atoms with van der Waals surface area (Å²) in [5.74, 6) is -0.608. The Kier molecular flexibility index (Phi) is 3.66. The molecule has 0 saturated heterocycles. The molecule has 0 fully saturated rings. The Bertz CT molecular complexity index is 722. The van der Waals surface area contributed by atoms with E-state index < -0.39 is 12.0 Å². The zero-order valence-corrected chi connectivity index (χ0v) is 12.2. The van der Waals surface area contributed by atoms with Gasteiger partial charge in [-0.1, -0.05) is 6.07 Å². The topological polar surface area (TPSA) is 83.6 Å². The number of carbonyl (C=O) groups is 2. The van der Waals surface area contributed by atoms with Crippen LogP contribution in [0.1, 0.15) is 28.6 Å². The van der Waals surface area contributed by atoms with Crippen molar-refractivity contribution in [1.82, 2.24) is 9.88 Å². The second kappa shape index (κ2) is 5.63. The van der Waals surface area contributed by atoms with E-state index in [0.717, 1.165) is 11.3 Å². The van der Waals surface area contributed by atoms with Crippen LogP contribution in [0.25, 0.3) is 0 Å². The van der Waals surface area contributed by atoms with Gasteiger partial charge in [0.2, 0.25) is 5.91 Å². The predicted molar refractivity (Wildman–Crippen MR) is 77.2 cm³/mol. The molecule has 2 aromatic rings. The first-order valence-corrected chi connectivity index (χ1v) is 7.07.